The summed E-state index contributed by atoms with van der Waals surface area (Å²) >= 11 is 0. The first-order valence-electron chi connectivity index (χ1n) is 6.30. The number of aliphatic carboxylic acids is 1. The van der Waals surface area contributed by atoms with Crippen molar-refractivity contribution >= 4 is 11.9 Å². The monoisotopic (exact) mass is 263 g/mol. The molecular formula is C14H17NO4. The Labute approximate surface area is 111 Å². The molecule has 0 saturated carbocycles. The van der Waals surface area contributed by atoms with Crippen LogP contribution < -0.4 is 10.1 Å². The standard InChI is InChI=1S/C14H17NO4/c1-8-9(2)19-13-10(8)4-3-5-11(13)14(18)15-7-6-12(16)17/h3-5,8-9H,6-7H2,1-2H3,(H,15,18)(H,16,17). The molecular weight excluding hydrogens is 246 g/mol. The number of amides is 1. The topological polar surface area (TPSA) is 75.6 Å². The lowest BCUT2D eigenvalue weighted by atomic mass is 9.97. The fourth-order valence-corrected chi connectivity index (χ4v) is 2.14. The second-order valence-electron chi connectivity index (χ2n) is 4.74. The predicted molar refractivity (Wildman–Crippen MR) is 69.5 cm³/mol. The van der Waals surface area contributed by atoms with Gasteiger partial charge in [-0.1, -0.05) is 19.1 Å². The van der Waals surface area contributed by atoms with Crippen LogP contribution in [0.5, 0.6) is 5.75 Å². The van der Waals surface area contributed by atoms with Crippen LogP contribution in [0.25, 0.3) is 0 Å². The number of rotatable bonds is 4. The van der Waals surface area contributed by atoms with Crippen LogP contribution in [0.2, 0.25) is 0 Å². The number of hydrogen-bond donors (Lipinski definition) is 2. The number of benzene rings is 1. The summed E-state index contributed by atoms with van der Waals surface area (Å²) in [7, 11) is 0. The number of ether oxygens (including phenoxy) is 1. The second-order valence-corrected chi connectivity index (χ2v) is 4.74. The van der Waals surface area contributed by atoms with E-state index in [1.807, 2.05) is 19.1 Å². The largest absolute Gasteiger partial charge is 0.489 e. The maximum Gasteiger partial charge on any atom is 0.305 e. The molecule has 0 saturated heterocycles. The average molecular weight is 263 g/mol. The first-order chi connectivity index (χ1) is 9.00. The van der Waals surface area contributed by atoms with E-state index in [-0.39, 0.29) is 30.9 Å². The smallest absolute Gasteiger partial charge is 0.305 e. The van der Waals surface area contributed by atoms with Gasteiger partial charge < -0.3 is 15.2 Å². The molecule has 0 aromatic heterocycles. The summed E-state index contributed by atoms with van der Waals surface area (Å²) in [6.45, 7) is 4.14. The van der Waals surface area contributed by atoms with Crippen molar-refractivity contribution in [2.75, 3.05) is 6.54 Å². The molecule has 1 aromatic carbocycles. The normalized spacial score (nSPS) is 20.5. The molecule has 1 heterocycles. The Morgan fingerprint density at radius 3 is 2.79 bits per heavy atom. The van der Waals surface area contributed by atoms with E-state index in [2.05, 4.69) is 12.2 Å². The van der Waals surface area contributed by atoms with Crippen LogP contribution in [0.15, 0.2) is 18.2 Å². The number of para-hydroxylation sites is 1. The highest BCUT2D eigenvalue weighted by atomic mass is 16.5. The third-order valence-corrected chi connectivity index (χ3v) is 3.41. The second kappa shape index (κ2) is 5.30. The quantitative estimate of drug-likeness (QED) is 0.868. The number of carboxylic acid groups (broad SMARTS) is 1. The van der Waals surface area contributed by atoms with Gasteiger partial charge in [0.1, 0.15) is 11.9 Å². The molecule has 19 heavy (non-hydrogen) atoms. The van der Waals surface area contributed by atoms with Crippen molar-refractivity contribution in [2.45, 2.75) is 32.3 Å². The number of hydrogen-bond acceptors (Lipinski definition) is 3. The Bertz CT molecular complexity index is 512. The van der Waals surface area contributed by atoms with E-state index >= 15 is 0 Å². The molecule has 2 atom stereocenters. The first kappa shape index (κ1) is 13.4. The molecule has 0 bridgehead atoms. The minimum Gasteiger partial charge on any atom is -0.489 e. The van der Waals surface area contributed by atoms with E-state index in [0.717, 1.165) is 5.56 Å². The highest BCUT2D eigenvalue weighted by Gasteiger charge is 2.30. The van der Waals surface area contributed by atoms with Gasteiger partial charge >= 0.3 is 5.97 Å². The van der Waals surface area contributed by atoms with Crippen LogP contribution in [0.1, 0.15) is 42.1 Å². The van der Waals surface area contributed by atoms with Crippen molar-refractivity contribution in [1.29, 1.82) is 0 Å². The minimum atomic E-state index is -0.933. The van der Waals surface area contributed by atoms with Crippen molar-refractivity contribution in [1.82, 2.24) is 5.32 Å². The summed E-state index contributed by atoms with van der Waals surface area (Å²) in [6.07, 6.45) is -0.0444. The minimum absolute atomic E-state index is 0.0444. The van der Waals surface area contributed by atoms with Crippen molar-refractivity contribution in [2.24, 2.45) is 0 Å². The molecule has 102 valence electrons. The molecule has 2 unspecified atom stereocenters. The molecule has 1 aliphatic rings. The van der Waals surface area contributed by atoms with Gasteiger partial charge in [-0.2, -0.15) is 0 Å². The number of carbonyl (C=O) groups excluding carboxylic acids is 1. The summed E-state index contributed by atoms with van der Waals surface area (Å²) in [5, 5.41) is 11.1. The van der Waals surface area contributed by atoms with Gasteiger partial charge in [-0.25, -0.2) is 0 Å². The molecule has 0 aliphatic carbocycles. The van der Waals surface area contributed by atoms with Crippen LogP contribution in [0, 0.1) is 0 Å². The summed E-state index contributed by atoms with van der Waals surface area (Å²) in [4.78, 5) is 22.4. The van der Waals surface area contributed by atoms with Gasteiger partial charge in [0.25, 0.3) is 5.91 Å². The Morgan fingerprint density at radius 2 is 2.11 bits per heavy atom. The molecule has 0 fully saturated rings. The number of carbonyl (C=O) groups is 2. The van der Waals surface area contributed by atoms with Gasteiger partial charge in [-0.3, -0.25) is 9.59 Å². The van der Waals surface area contributed by atoms with E-state index in [1.165, 1.54) is 0 Å². The van der Waals surface area contributed by atoms with E-state index < -0.39 is 5.97 Å². The van der Waals surface area contributed by atoms with Gasteiger partial charge in [0.05, 0.1) is 12.0 Å². The summed E-state index contributed by atoms with van der Waals surface area (Å²) < 4.78 is 5.72. The molecule has 1 aliphatic heterocycles. The maximum atomic E-state index is 12.0. The highest BCUT2D eigenvalue weighted by molar-refractivity contribution is 5.97. The molecule has 1 aromatic rings. The summed E-state index contributed by atoms with van der Waals surface area (Å²) in [6, 6.07) is 5.47. The Hall–Kier alpha value is -2.04. The molecule has 2 N–H and O–H groups in total. The van der Waals surface area contributed by atoms with Crippen molar-refractivity contribution in [3.63, 3.8) is 0 Å². The fourth-order valence-electron chi connectivity index (χ4n) is 2.14. The van der Waals surface area contributed by atoms with E-state index in [4.69, 9.17) is 9.84 Å². The van der Waals surface area contributed by atoms with Gasteiger partial charge in [-0.05, 0) is 13.0 Å². The average Bonchev–Trinajstić information content (AvgIpc) is 2.65. The number of carboxylic acids is 1. The molecule has 1 amide bonds. The molecule has 0 radical (unpaired) electrons. The van der Waals surface area contributed by atoms with Crippen LogP contribution in [0.4, 0.5) is 0 Å². The zero-order chi connectivity index (χ0) is 14.0. The van der Waals surface area contributed by atoms with E-state index in [1.54, 1.807) is 6.07 Å². The summed E-state index contributed by atoms with van der Waals surface area (Å²) in [5.74, 6) is -0.353. The lowest BCUT2D eigenvalue weighted by Crippen LogP contribution is -2.26. The van der Waals surface area contributed by atoms with Crippen LogP contribution in [-0.2, 0) is 4.79 Å². The van der Waals surface area contributed by atoms with E-state index in [0.29, 0.717) is 11.3 Å². The van der Waals surface area contributed by atoms with Gasteiger partial charge in [-0.15, -0.1) is 0 Å². The fraction of sp³-hybridized carbons (Fsp3) is 0.429. The Kier molecular flexibility index (Phi) is 3.74. The lowest BCUT2D eigenvalue weighted by molar-refractivity contribution is -0.136. The van der Waals surface area contributed by atoms with Gasteiger partial charge in [0.2, 0.25) is 0 Å². The first-order valence-corrected chi connectivity index (χ1v) is 6.30. The third-order valence-electron chi connectivity index (χ3n) is 3.41. The van der Waals surface area contributed by atoms with Crippen LogP contribution in [-0.4, -0.2) is 29.6 Å². The van der Waals surface area contributed by atoms with Crippen molar-refractivity contribution in [3.05, 3.63) is 29.3 Å². The van der Waals surface area contributed by atoms with Crippen LogP contribution >= 0.6 is 0 Å². The van der Waals surface area contributed by atoms with Gasteiger partial charge in [0.15, 0.2) is 0 Å². The molecule has 5 nitrogen and oxygen atoms in total. The van der Waals surface area contributed by atoms with Crippen molar-refractivity contribution in [3.8, 4) is 5.75 Å². The molecule has 5 heteroatoms. The summed E-state index contributed by atoms with van der Waals surface area (Å²) in [5.41, 5.74) is 1.50. The zero-order valence-electron chi connectivity index (χ0n) is 11.0. The predicted octanol–water partition coefficient (Wildman–Crippen LogP) is 1.78. The maximum absolute atomic E-state index is 12.0. The highest BCUT2D eigenvalue weighted by Crippen LogP contribution is 2.40. The van der Waals surface area contributed by atoms with Crippen molar-refractivity contribution < 1.29 is 19.4 Å². The third kappa shape index (κ3) is 2.70. The zero-order valence-corrected chi connectivity index (χ0v) is 11.0. The SMILES string of the molecule is CC1Oc2c(C(=O)NCCC(=O)O)cccc2C1C. The Morgan fingerprint density at radius 1 is 1.37 bits per heavy atom. The lowest BCUT2D eigenvalue weighted by Gasteiger charge is -2.09. The van der Waals surface area contributed by atoms with Crippen LogP contribution in [0.3, 0.4) is 0 Å². The Balaban J connectivity index is 2.14. The molecule has 0 spiro atoms. The van der Waals surface area contributed by atoms with E-state index in [9.17, 15) is 9.59 Å². The molecule has 2 rings (SSSR count). The number of fused-ring (bicyclic) bond motifs is 1. The van der Waals surface area contributed by atoms with Gasteiger partial charge in [0, 0.05) is 18.0 Å². The number of nitrogens with one attached hydrogen (secondary N) is 1.